The van der Waals surface area contributed by atoms with Crippen LogP contribution in [0.1, 0.15) is 43.4 Å². The molecule has 0 bridgehead atoms. The monoisotopic (exact) mass is 246 g/mol. The summed E-state index contributed by atoms with van der Waals surface area (Å²) in [7, 11) is 2.23. The number of benzene rings is 1. The third kappa shape index (κ3) is 3.82. The van der Waals surface area contributed by atoms with Crippen LogP contribution in [-0.4, -0.2) is 31.1 Å². The van der Waals surface area contributed by atoms with Crippen LogP contribution < -0.4 is 5.32 Å². The highest BCUT2D eigenvalue weighted by Crippen LogP contribution is 2.17. The lowest BCUT2D eigenvalue weighted by atomic mass is 10.0. The molecule has 1 saturated heterocycles. The number of hydrogen-bond acceptors (Lipinski definition) is 2. The first kappa shape index (κ1) is 13.6. The van der Waals surface area contributed by atoms with E-state index in [1.165, 1.54) is 43.5 Å². The molecule has 0 amide bonds. The van der Waals surface area contributed by atoms with Crippen LogP contribution in [0.25, 0.3) is 0 Å². The standard InChI is InChI=1S/C16H26N2/c1-13-6-8-15(9-7-13)14(2)17-16-5-4-11-18(3)12-10-16/h6-9,14,16-17H,4-5,10-12H2,1-3H3. The topological polar surface area (TPSA) is 15.3 Å². The van der Waals surface area contributed by atoms with Crippen molar-refractivity contribution in [3.05, 3.63) is 35.4 Å². The highest BCUT2D eigenvalue weighted by molar-refractivity contribution is 5.23. The van der Waals surface area contributed by atoms with Crippen molar-refractivity contribution in [2.75, 3.05) is 20.1 Å². The molecule has 2 atom stereocenters. The van der Waals surface area contributed by atoms with Crippen LogP contribution in [0.2, 0.25) is 0 Å². The minimum atomic E-state index is 0.457. The summed E-state index contributed by atoms with van der Waals surface area (Å²) in [6.45, 7) is 6.89. The minimum absolute atomic E-state index is 0.457. The average Bonchev–Trinajstić information content (AvgIpc) is 2.55. The summed E-state index contributed by atoms with van der Waals surface area (Å²) in [5.41, 5.74) is 2.74. The third-order valence-electron chi connectivity index (χ3n) is 4.01. The second-order valence-electron chi connectivity index (χ2n) is 5.73. The first-order chi connectivity index (χ1) is 8.65. The summed E-state index contributed by atoms with van der Waals surface area (Å²) in [5.74, 6) is 0. The zero-order valence-corrected chi connectivity index (χ0v) is 11.9. The Morgan fingerprint density at radius 1 is 1.17 bits per heavy atom. The number of hydrogen-bond donors (Lipinski definition) is 1. The first-order valence-corrected chi connectivity index (χ1v) is 7.16. The van der Waals surface area contributed by atoms with Crippen molar-refractivity contribution in [1.82, 2.24) is 10.2 Å². The number of rotatable bonds is 3. The van der Waals surface area contributed by atoms with Crippen LogP contribution >= 0.6 is 0 Å². The number of likely N-dealkylation sites (tertiary alicyclic amines) is 1. The van der Waals surface area contributed by atoms with Crippen molar-refractivity contribution in [2.24, 2.45) is 0 Å². The van der Waals surface area contributed by atoms with Gasteiger partial charge >= 0.3 is 0 Å². The van der Waals surface area contributed by atoms with E-state index in [2.05, 4.69) is 55.4 Å². The van der Waals surface area contributed by atoms with Crippen LogP contribution in [0.3, 0.4) is 0 Å². The van der Waals surface area contributed by atoms with Crippen LogP contribution in [0.4, 0.5) is 0 Å². The Labute approximate surface area is 111 Å². The molecular formula is C16H26N2. The molecular weight excluding hydrogens is 220 g/mol. The smallest absolute Gasteiger partial charge is 0.0294 e. The molecule has 0 radical (unpaired) electrons. The molecule has 2 unspecified atom stereocenters. The molecule has 0 spiro atoms. The van der Waals surface area contributed by atoms with Gasteiger partial charge in [0.05, 0.1) is 0 Å². The summed E-state index contributed by atoms with van der Waals surface area (Å²) >= 11 is 0. The van der Waals surface area contributed by atoms with E-state index in [1.54, 1.807) is 0 Å². The van der Waals surface area contributed by atoms with Crippen molar-refractivity contribution in [1.29, 1.82) is 0 Å². The van der Waals surface area contributed by atoms with Gasteiger partial charge in [-0.25, -0.2) is 0 Å². The molecule has 1 N–H and O–H groups in total. The maximum absolute atomic E-state index is 3.79. The van der Waals surface area contributed by atoms with Gasteiger partial charge in [-0.1, -0.05) is 29.8 Å². The molecule has 100 valence electrons. The zero-order chi connectivity index (χ0) is 13.0. The minimum Gasteiger partial charge on any atom is -0.307 e. The Bertz CT molecular complexity index is 358. The Morgan fingerprint density at radius 2 is 1.89 bits per heavy atom. The maximum atomic E-state index is 3.79. The zero-order valence-electron chi connectivity index (χ0n) is 11.9. The van der Waals surface area contributed by atoms with Gasteiger partial charge in [0.2, 0.25) is 0 Å². The Hall–Kier alpha value is -0.860. The van der Waals surface area contributed by atoms with Crippen molar-refractivity contribution < 1.29 is 0 Å². The van der Waals surface area contributed by atoms with Crippen LogP contribution in [0, 0.1) is 6.92 Å². The van der Waals surface area contributed by atoms with Crippen LogP contribution in [0.5, 0.6) is 0 Å². The Morgan fingerprint density at radius 3 is 2.61 bits per heavy atom. The molecule has 1 heterocycles. The van der Waals surface area contributed by atoms with E-state index in [1.807, 2.05) is 0 Å². The molecule has 1 aliphatic heterocycles. The van der Waals surface area contributed by atoms with Gasteiger partial charge in [-0.3, -0.25) is 0 Å². The summed E-state index contributed by atoms with van der Waals surface area (Å²) in [6, 6.07) is 10.0. The molecule has 1 fully saturated rings. The molecule has 0 aliphatic carbocycles. The second kappa shape index (κ2) is 6.35. The van der Waals surface area contributed by atoms with Crippen LogP contribution in [0.15, 0.2) is 24.3 Å². The highest BCUT2D eigenvalue weighted by atomic mass is 15.1. The first-order valence-electron chi connectivity index (χ1n) is 7.16. The second-order valence-corrected chi connectivity index (χ2v) is 5.73. The molecule has 2 heteroatoms. The molecule has 2 nitrogen and oxygen atoms in total. The fourth-order valence-corrected chi connectivity index (χ4v) is 2.71. The maximum Gasteiger partial charge on any atom is 0.0294 e. The quantitative estimate of drug-likeness (QED) is 0.881. The van der Waals surface area contributed by atoms with Gasteiger partial charge in [0.25, 0.3) is 0 Å². The molecule has 2 rings (SSSR count). The molecule has 18 heavy (non-hydrogen) atoms. The Kier molecular flexibility index (Phi) is 4.79. The van der Waals surface area contributed by atoms with E-state index < -0.39 is 0 Å². The van der Waals surface area contributed by atoms with Crippen molar-refractivity contribution in [3.8, 4) is 0 Å². The normalized spacial score (nSPS) is 23.6. The van der Waals surface area contributed by atoms with E-state index in [0.29, 0.717) is 12.1 Å². The van der Waals surface area contributed by atoms with Crippen LogP contribution in [-0.2, 0) is 0 Å². The summed E-state index contributed by atoms with van der Waals surface area (Å²) in [5, 5.41) is 3.79. The number of nitrogens with one attached hydrogen (secondary N) is 1. The molecule has 1 aromatic rings. The molecule has 0 aromatic heterocycles. The average molecular weight is 246 g/mol. The largest absolute Gasteiger partial charge is 0.307 e. The fourth-order valence-electron chi connectivity index (χ4n) is 2.71. The molecule has 1 aromatic carbocycles. The van der Waals surface area contributed by atoms with Gasteiger partial charge in [0, 0.05) is 12.1 Å². The van der Waals surface area contributed by atoms with Crippen molar-refractivity contribution >= 4 is 0 Å². The molecule has 1 aliphatic rings. The summed E-state index contributed by atoms with van der Waals surface area (Å²) in [4.78, 5) is 2.44. The summed E-state index contributed by atoms with van der Waals surface area (Å²) in [6.07, 6.45) is 3.89. The lowest BCUT2D eigenvalue weighted by Gasteiger charge is -2.22. The van der Waals surface area contributed by atoms with Crippen molar-refractivity contribution in [2.45, 2.75) is 45.2 Å². The number of nitrogens with zero attached hydrogens (tertiary/aromatic N) is 1. The fraction of sp³-hybridized carbons (Fsp3) is 0.625. The van der Waals surface area contributed by atoms with Gasteiger partial charge in [0.15, 0.2) is 0 Å². The lowest BCUT2D eigenvalue weighted by molar-refractivity contribution is 0.340. The van der Waals surface area contributed by atoms with E-state index >= 15 is 0 Å². The van der Waals surface area contributed by atoms with Gasteiger partial charge in [-0.2, -0.15) is 0 Å². The van der Waals surface area contributed by atoms with Gasteiger partial charge in [0.1, 0.15) is 0 Å². The highest BCUT2D eigenvalue weighted by Gasteiger charge is 2.17. The number of aryl methyl sites for hydroxylation is 1. The summed E-state index contributed by atoms with van der Waals surface area (Å²) < 4.78 is 0. The van der Waals surface area contributed by atoms with Gasteiger partial charge < -0.3 is 10.2 Å². The van der Waals surface area contributed by atoms with E-state index in [4.69, 9.17) is 0 Å². The van der Waals surface area contributed by atoms with E-state index in [-0.39, 0.29) is 0 Å². The van der Waals surface area contributed by atoms with E-state index in [9.17, 15) is 0 Å². The van der Waals surface area contributed by atoms with Gasteiger partial charge in [-0.15, -0.1) is 0 Å². The SMILES string of the molecule is Cc1ccc(C(C)NC2CCCN(C)CC2)cc1. The van der Waals surface area contributed by atoms with Gasteiger partial charge in [-0.05, 0) is 58.8 Å². The molecule has 0 saturated carbocycles. The van der Waals surface area contributed by atoms with E-state index in [0.717, 1.165) is 0 Å². The van der Waals surface area contributed by atoms with Crippen molar-refractivity contribution in [3.63, 3.8) is 0 Å². The lowest BCUT2D eigenvalue weighted by Crippen LogP contribution is -2.32. The third-order valence-corrected chi connectivity index (χ3v) is 4.01. The Balaban J connectivity index is 1.90. The predicted molar refractivity (Wildman–Crippen MR) is 77.9 cm³/mol. The predicted octanol–water partition coefficient (Wildman–Crippen LogP) is 3.13.